The maximum absolute atomic E-state index is 11.6. The summed E-state index contributed by atoms with van der Waals surface area (Å²) in [7, 11) is 0. The Bertz CT molecular complexity index is 434. The van der Waals surface area contributed by atoms with Crippen molar-refractivity contribution in [1.82, 2.24) is 0 Å². The molecule has 86 valence electrons. The maximum atomic E-state index is 11.6. The maximum Gasteiger partial charge on any atom is 0.154 e. The van der Waals surface area contributed by atoms with Gasteiger partial charge in [0.15, 0.2) is 5.78 Å². The van der Waals surface area contributed by atoms with Crippen LogP contribution in [-0.4, -0.2) is 17.9 Å². The van der Waals surface area contributed by atoms with E-state index in [-0.39, 0.29) is 5.54 Å². The van der Waals surface area contributed by atoms with E-state index in [1.807, 2.05) is 0 Å². The molecule has 0 aliphatic carbocycles. The highest BCUT2D eigenvalue weighted by atomic mass is 16.1. The average molecular weight is 217 g/mol. The van der Waals surface area contributed by atoms with Crippen LogP contribution in [0.2, 0.25) is 0 Å². The van der Waals surface area contributed by atoms with Crippen molar-refractivity contribution < 1.29 is 4.79 Å². The van der Waals surface area contributed by atoms with Crippen LogP contribution in [0.4, 0.5) is 5.69 Å². The molecule has 1 aliphatic rings. The summed E-state index contributed by atoms with van der Waals surface area (Å²) in [6.07, 6.45) is 0.653. The Labute approximate surface area is 97.3 Å². The third-order valence-corrected chi connectivity index (χ3v) is 3.50. The number of carbonyl (C=O) groups is 1. The third kappa shape index (κ3) is 1.84. The lowest BCUT2D eigenvalue weighted by Crippen LogP contribution is -2.38. The van der Waals surface area contributed by atoms with Crippen molar-refractivity contribution >= 4 is 11.5 Å². The first-order chi connectivity index (χ1) is 7.40. The first-order valence-electron chi connectivity index (χ1n) is 5.77. The van der Waals surface area contributed by atoms with Gasteiger partial charge in [-0.15, -0.1) is 0 Å². The van der Waals surface area contributed by atoms with E-state index < -0.39 is 0 Å². The quantitative estimate of drug-likeness (QED) is 0.721. The highest BCUT2D eigenvalue weighted by Gasteiger charge is 2.37. The van der Waals surface area contributed by atoms with Gasteiger partial charge in [-0.05, 0) is 51.0 Å². The van der Waals surface area contributed by atoms with Crippen molar-refractivity contribution in [2.24, 2.45) is 0 Å². The lowest BCUT2D eigenvalue weighted by Gasteiger charge is -2.33. The molecule has 0 unspecified atom stereocenters. The fourth-order valence-electron chi connectivity index (χ4n) is 2.36. The second-order valence-electron chi connectivity index (χ2n) is 5.38. The van der Waals surface area contributed by atoms with Gasteiger partial charge in [0, 0.05) is 17.6 Å². The molecule has 0 N–H and O–H groups in total. The average Bonchev–Trinajstić information content (AvgIpc) is 2.44. The molecule has 0 atom stereocenters. The number of nitrogens with zero attached hydrogens (tertiary/aromatic N) is 1. The van der Waals surface area contributed by atoms with E-state index in [2.05, 4.69) is 50.8 Å². The highest BCUT2D eigenvalue weighted by molar-refractivity contribution is 5.89. The monoisotopic (exact) mass is 217 g/mol. The Morgan fingerprint density at radius 1 is 1.19 bits per heavy atom. The Kier molecular flexibility index (Phi) is 2.53. The highest BCUT2D eigenvalue weighted by Crippen LogP contribution is 2.32. The van der Waals surface area contributed by atoms with Crippen LogP contribution in [0, 0.1) is 13.8 Å². The van der Waals surface area contributed by atoms with E-state index in [4.69, 9.17) is 0 Å². The Morgan fingerprint density at radius 2 is 1.88 bits per heavy atom. The smallest absolute Gasteiger partial charge is 0.154 e. The molecule has 2 nitrogen and oxygen atoms in total. The van der Waals surface area contributed by atoms with Gasteiger partial charge in [-0.3, -0.25) is 4.79 Å². The fraction of sp³-hybridized carbons (Fsp3) is 0.500. The summed E-state index contributed by atoms with van der Waals surface area (Å²) in [5.41, 5.74) is 3.71. The predicted molar refractivity (Wildman–Crippen MR) is 67.0 cm³/mol. The van der Waals surface area contributed by atoms with Gasteiger partial charge in [0.05, 0.1) is 6.54 Å². The zero-order valence-electron chi connectivity index (χ0n) is 10.5. The van der Waals surface area contributed by atoms with Gasteiger partial charge >= 0.3 is 0 Å². The second kappa shape index (κ2) is 3.62. The van der Waals surface area contributed by atoms with Gasteiger partial charge in [-0.1, -0.05) is 6.07 Å². The molecule has 1 saturated heterocycles. The van der Waals surface area contributed by atoms with Gasteiger partial charge in [-0.2, -0.15) is 0 Å². The van der Waals surface area contributed by atoms with E-state index in [9.17, 15) is 4.79 Å². The van der Waals surface area contributed by atoms with E-state index in [0.29, 0.717) is 18.7 Å². The van der Waals surface area contributed by atoms with Crippen LogP contribution in [0.3, 0.4) is 0 Å². The molecule has 0 radical (unpaired) electrons. The van der Waals surface area contributed by atoms with Crippen LogP contribution in [0.25, 0.3) is 0 Å². The number of ketones is 1. The van der Waals surface area contributed by atoms with E-state index in [1.165, 1.54) is 16.8 Å². The molecule has 2 rings (SSSR count). The summed E-state index contributed by atoms with van der Waals surface area (Å²) in [4.78, 5) is 13.8. The number of Topliss-reactive ketones (excluding diaryl/α,β-unsaturated/α-hetero) is 1. The predicted octanol–water partition coefficient (Wildman–Crippen LogP) is 2.86. The molecule has 0 aromatic heterocycles. The van der Waals surface area contributed by atoms with Crippen molar-refractivity contribution in [2.75, 3.05) is 11.4 Å². The number of hydrogen-bond acceptors (Lipinski definition) is 2. The Hall–Kier alpha value is -1.31. The van der Waals surface area contributed by atoms with Gasteiger partial charge in [0.1, 0.15) is 0 Å². The molecule has 1 aliphatic heterocycles. The van der Waals surface area contributed by atoms with Crippen LogP contribution in [0.15, 0.2) is 18.2 Å². The number of hydrogen-bond donors (Lipinski definition) is 0. The normalized spacial score (nSPS) is 19.2. The molecule has 1 fully saturated rings. The first-order valence-corrected chi connectivity index (χ1v) is 5.77. The van der Waals surface area contributed by atoms with E-state index >= 15 is 0 Å². The van der Waals surface area contributed by atoms with Crippen LogP contribution >= 0.6 is 0 Å². The standard InChI is InChI=1S/C14H19NO/c1-10-5-6-12(7-11(10)2)15-9-13(16)8-14(15,3)4/h5-7H,8-9H2,1-4H3. The zero-order chi connectivity index (χ0) is 11.9. The summed E-state index contributed by atoms with van der Waals surface area (Å²) in [5, 5.41) is 0. The molecule has 0 bridgehead atoms. The lowest BCUT2D eigenvalue weighted by atomic mass is 10.0. The minimum absolute atomic E-state index is 0.0429. The minimum Gasteiger partial charge on any atom is -0.359 e. The number of aryl methyl sites for hydroxylation is 2. The summed E-state index contributed by atoms with van der Waals surface area (Å²) >= 11 is 0. The number of carbonyl (C=O) groups excluding carboxylic acids is 1. The molecule has 1 heterocycles. The Morgan fingerprint density at radius 3 is 2.38 bits per heavy atom. The van der Waals surface area contributed by atoms with Crippen molar-refractivity contribution in [3.05, 3.63) is 29.3 Å². The van der Waals surface area contributed by atoms with Crippen molar-refractivity contribution in [2.45, 2.75) is 39.7 Å². The number of benzene rings is 1. The van der Waals surface area contributed by atoms with Crippen LogP contribution in [0.1, 0.15) is 31.4 Å². The van der Waals surface area contributed by atoms with Gasteiger partial charge in [0.2, 0.25) is 0 Å². The second-order valence-corrected chi connectivity index (χ2v) is 5.38. The van der Waals surface area contributed by atoms with Gasteiger partial charge < -0.3 is 4.90 Å². The van der Waals surface area contributed by atoms with Crippen LogP contribution < -0.4 is 4.90 Å². The van der Waals surface area contributed by atoms with E-state index in [1.54, 1.807) is 0 Å². The largest absolute Gasteiger partial charge is 0.359 e. The molecule has 2 heteroatoms. The SMILES string of the molecule is Cc1ccc(N2CC(=O)CC2(C)C)cc1C. The first kappa shape index (κ1) is 11.2. The zero-order valence-corrected chi connectivity index (χ0v) is 10.5. The van der Waals surface area contributed by atoms with Gasteiger partial charge in [-0.25, -0.2) is 0 Å². The molecule has 0 saturated carbocycles. The number of anilines is 1. The lowest BCUT2D eigenvalue weighted by molar-refractivity contribution is -0.116. The molecule has 1 aromatic carbocycles. The number of rotatable bonds is 1. The third-order valence-electron chi connectivity index (χ3n) is 3.50. The molecule has 0 spiro atoms. The summed E-state index contributed by atoms with van der Waals surface area (Å²) in [5.74, 6) is 0.336. The molecule has 1 aromatic rings. The molecular formula is C14H19NO. The fourth-order valence-corrected chi connectivity index (χ4v) is 2.36. The summed E-state index contributed by atoms with van der Waals surface area (Å²) < 4.78 is 0. The topological polar surface area (TPSA) is 20.3 Å². The molecular weight excluding hydrogens is 198 g/mol. The Balaban J connectivity index is 2.37. The summed E-state index contributed by atoms with van der Waals surface area (Å²) in [6.45, 7) is 9.04. The molecule has 16 heavy (non-hydrogen) atoms. The van der Waals surface area contributed by atoms with E-state index in [0.717, 1.165) is 0 Å². The minimum atomic E-state index is -0.0429. The molecule has 0 amide bonds. The van der Waals surface area contributed by atoms with Crippen molar-refractivity contribution in [1.29, 1.82) is 0 Å². The summed E-state index contributed by atoms with van der Waals surface area (Å²) in [6, 6.07) is 6.42. The van der Waals surface area contributed by atoms with Crippen LogP contribution in [0.5, 0.6) is 0 Å². The van der Waals surface area contributed by atoms with Crippen molar-refractivity contribution in [3.8, 4) is 0 Å². The van der Waals surface area contributed by atoms with Gasteiger partial charge in [0.25, 0.3) is 0 Å². The van der Waals surface area contributed by atoms with Crippen LogP contribution in [-0.2, 0) is 4.79 Å². The van der Waals surface area contributed by atoms with Crippen molar-refractivity contribution in [3.63, 3.8) is 0 Å².